The Morgan fingerprint density at radius 3 is 2.64 bits per heavy atom. The smallest absolute Gasteiger partial charge is 0.271 e. The van der Waals surface area contributed by atoms with Gasteiger partial charge in [-0.3, -0.25) is 19.7 Å². The van der Waals surface area contributed by atoms with Crippen molar-refractivity contribution in [1.82, 2.24) is 5.43 Å². The zero-order valence-electron chi connectivity index (χ0n) is 16.8. The fourth-order valence-corrected chi connectivity index (χ4v) is 2.84. The van der Waals surface area contributed by atoms with Crippen molar-refractivity contribution in [3.63, 3.8) is 0 Å². The quantitative estimate of drug-likeness (QED) is 0.290. The highest BCUT2D eigenvalue weighted by Crippen LogP contribution is 2.25. The van der Waals surface area contributed by atoms with Gasteiger partial charge in [-0.25, -0.2) is 9.82 Å². The molecule has 0 aliphatic heterocycles. The number of carbonyl (C=O) groups is 2. The summed E-state index contributed by atoms with van der Waals surface area (Å²) in [5.74, 6) is -1.53. The van der Waals surface area contributed by atoms with E-state index < -0.39 is 22.6 Å². The van der Waals surface area contributed by atoms with Crippen molar-refractivity contribution in [2.24, 2.45) is 5.10 Å². The minimum atomic E-state index is -0.623. The number of hydrogen-bond acceptors (Lipinski definition) is 6. The van der Waals surface area contributed by atoms with Crippen molar-refractivity contribution in [2.75, 3.05) is 11.9 Å². The van der Waals surface area contributed by atoms with Crippen LogP contribution in [0.2, 0.25) is 5.02 Å². The second-order valence-electron chi connectivity index (χ2n) is 6.51. The van der Waals surface area contributed by atoms with Gasteiger partial charge in [-0.2, -0.15) is 5.10 Å². The topological polar surface area (TPSA) is 123 Å². The molecule has 0 aliphatic rings. The van der Waals surface area contributed by atoms with Gasteiger partial charge >= 0.3 is 0 Å². The van der Waals surface area contributed by atoms with Crippen molar-refractivity contribution in [3.8, 4) is 5.75 Å². The van der Waals surface area contributed by atoms with Crippen LogP contribution in [0.1, 0.15) is 15.9 Å². The summed E-state index contributed by atoms with van der Waals surface area (Å²) >= 11 is 6.15. The predicted molar refractivity (Wildman–Crippen MR) is 120 cm³/mol. The fourth-order valence-electron chi connectivity index (χ4n) is 2.60. The Kier molecular flexibility index (Phi) is 7.66. The largest absolute Gasteiger partial charge is 0.482 e. The average molecular weight is 471 g/mol. The number of para-hydroxylation sites is 1. The summed E-state index contributed by atoms with van der Waals surface area (Å²) in [6, 6.07) is 15.5. The third-order valence-corrected chi connectivity index (χ3v) is 4.46. The van der Waals surface area contributed by atoms with E-state index in [2.05, 4.69) is 15.8 Å². The van der Waals surface area contributed by atoms with E-state index in [1.165, 1.54) is 54.7 Å². The van der Waals surface area contributed by atoms with E-state index in [1.54, 1.807) is 12.1 Å². The summed E-state index contributed by atoms with van der Waals surface area (Å²) in [6.07, 6.45) is 1.32. The number of rotatable bonds is 8. The molecule has 0 aromatic heterocycles. The molecule has 0 bridgehead atoms. The molecule has 3 aromatic rings. The van der Waals surface area contributed by atoms with Gasteiger partial charge in [-0.15, -0.1) is 0 Å². The van der Waals surface area contributed by atoms with Gasteiger partial charge in [0.2, 0.25) is 0 Å². The Hall–Kier alpha value is -4.31. The van der Waals surface area contributed by atoms with Gasteiger partial charge in [0.15, 0.2) is 6.61 Å². The van der Waals surface area contributed by atoms with Gasteiger partial charge in [0.05, 0.1) is 21.8 Å². The van der Waals surface area contributed by atoms with Crippen molar-refractivity contribution in [2.45, 2.75) is 0 Å². The molecule has 11 heteroatoms. The SMILES string of the molecule is O=C(COc1ccc(/C=N/NC(=O)c2cccc([N+](=O)[O-])c2)cc1Cl)Nc1ccccc1F. The van der Waals surface area contributed by atoms with Crippen molar-refractivity contribution in [1.29, 1.82) is 0 Å². The van der Waals surface area contributed by atoms with Crippen molar-refractivity contribution >= 4 is 41.0 Å². The maximum absolute atomic E-state index is 13.6. The summed E-state index contributed by atoms with van der Waals surface area (Å²) < 4.78 is 18.9. The molecule has 0 saturated heterocycles. The molecular weight excluding hydrogens is 455 g/mol. The number of hydrazone groups is 1. The summed E-state index contributed by atoms with van der Waals surface area (Å²) in [4.78, 5) is 34.2. The molecular formula is C22H16ClFN4O5. The van der Waals surface area contributed by atoms with Gasteiger partial charge in [0.25, 0.3) is 17.5 Å². The summed E-state index contributed by atoms with van der Waals surface area (Å²) in [7, 11) is 0. The normalized spacial score (nSPS) is 10.6. The molecule has 2 N–H and O–H groups in total. The Labute approximate surface area is 192 Å². The number of nitrogens with one attached hydrogen (secondary N) is 2. The monoisotopic (exact) mass is 470 g/mol. The zero-order chi connectivity index (χ0) is 23.8. The molecule has 0 radical (unpaired) electrons. The number of nitro groups is 1. The van der Waals surface area contributed by atoms with Gasteiger partial charge in [0.1, 0.15) is 11.6 Å². The Morgan fingerprint density at radius 1 is 1.12 bits per heavy atom. The van der Waals surface area contributed by atoms with Crippen LogP contribution >= 0.6 is 11.6 Å². The minimum absolute atomic E-state index is 0.0379. The van der Waals surface area contributed by atoms with E-state index in [1.807, 2.05) is 0 Å². The van der Waals surface area contributed by atoms with Crippen LogP contribution in [0.5, 0.6) is 5.75 Å². The first kappa shape index (κ1) is 23.4. The number of nitrogens with zero attached hydrogens (tertiary/aromatic N) is 2. The third kappa shape index (κ3) is 6.58. The maximum atomic E-state index is 13.6. The second kappa shape index (κ2) is 10.8. The molecule has 33 heavy (non-hydrogen) atoms. The highest BCUT2D eigenvalue weighted by atomic mass is 35.5. The van der Waals surface area contributed by atoms with Crippen LogP contribution in [0.15, 0.2) is 71.8 Å². The second-order valence-corrected chi connectivity index (χ2v) is 6.92. The van der Waals surface area contributed by atoms with Gasteiger partial charge in [0, 0.05) is 17.7 Å². The Morgan fingerprint density at radius 2 is 1.91 bits per heavy atom. The van der Waals surface area contributed by atoms with Crippen LogP contribution in [0.25, 0.3) is 0 Å². The van der Waals surface area contributed by atoms with Crippen LogP contribution in [0, 0.1) is 15.9 Å². The van der Waals surface area contributed by atoms with E-state index in [0.29, 0.717) is 5.56 Å². The number of anilines is 1. The molecule has 0 heterocycles. The van der Waals surface area contributed by atoms with Gasteiger partial charge < -0.3 is 10.1 Å². The highest BCUT2D eigenvalue weighted by Gasteiger charge is 2.11. The first-order chi connectivity index (χ1) is 15.8. The first-order valence-corrected chi connectivity index (χ1v) is 9.76. The van der Waals surface area contributed by atoms with E-state index in [-0.39, 0.29) is 34.3 Å². The van der Waals surface area contributed by atoms with E-state index in [4.69, 9.17) is 16.3 Å². The number of non-ortho nitro benzene ring substituents is 1. The lowest BCUT2D eigenvalue weighted by Gasteiger charge is -2.09. The molecule has 9 nitrogen and oxygen atoms in total. The standard InChI is InChI=1S/C22H16ClFN4O5/c23-17-10-14(12-25-27-22(30)15-4-3-5-16(11-15)28(31)32)8-9-20(17)33-13-21(29)26-19-7-2-1-6-18(19)24/h1-12H,13H2,(H,26,29)(H,27,30)/b25-12+. The molecule has 3 aromatic carbocycles. The molecule has 0 unspecified atom stereocenters. The van der Waals surface area contributed by atoms with Crippen LogP contribution in [-0.4, -0.2) is 29.6 Å². The van der Waals surface area contributed by atoms with Gasteiger partial charge in [-0.05, 0) is 42.0 Å². The number of halogens is 2. The molecule has 168 valence electrons. The number of carbonyl (C=O) groups excluding carboxylic acids is 2. The van der Waals surface area contributed by atoms with Crippen molar-refractivity contribution in [3.05, 3.63) is 98.8 Å². The molecule has 0 spiro atoms. The highest BCUT2D eigenvalue weighted by molar-refractivity contribution is 6.32. The van der Waals surface area contributed by atoms with Crippen molar-refractivity contribution < 1.29 is 23.6 Å². The van der Waals surface area contributed by atoms with Crippen LogP contribution < -0.4 is 15.5 Å². The average Bonchev–Trinajstić information content (AvgIpc) is 2.80. The van der Waals surface area contributed by atoms with E-state index >= 15 is 0 Å². The lowest BCUT2D eigenvalue weighted by molar-refractivity contribution is -0.384. The van der Waals surface area contributed by atoms with E-state index in [0.717, 1.165) is 6.07 Å². The first-order valence-electron chi connectivity index (χ1n) is 9.38. The third-order valence-electron chi connectivity index (χ3n) is 4.16. The molecule has 3 rings (SSSR count). The number of benzene rings is 3. The number of ether oxygens (including phenoxy) is 1. The summed E-state index contributed by atoms with van der Waals surface area (Å²) in [6.45, 7) is -0.388. The Balaban J connectivity index is 1.54. The molecule has 0 atom stereocenters. The lowest BCUT2D eigenvalue weighted by atomic mass is 10.2. The summed E-state index contributed by atoms with van der Waals surface area (Å²) in [5, 5.41) is 17.2. The molecule has 0 saturated carbocycles. The van der Waals surface area contributed by atoms with Crippen LogP contribution in [-0.2, 0) is 4.79 Å². The van der Waals surface area contributed by atoms with E-state index in [9.17, 15) is 24.1 Å². The maximum Gasteiger partial charge on any atom is 0.271 e. The van der Waals surface area contributed by atoms with Crippen LogP contribution in [0.4, 0.5) is 15.8 Å². The van der Waals surface area contributed by atoms with Gasteiger partial charge in [-0.1, -0.05) is 29.8 Å². The lowest BCUT2D eigenvalue weighted by Crippen LogP contribution is -2.20. The number of nitro benzene ring substituents is 1. The number of amides is 2. The number of hydrogen-bond donors (Lipinski definition) is 2. The van der Waals surface area contributed by atoms with Crippen LogP contribution in [0.3, 0.4) is 0 Å². The minimum Gasteiger partial charge on any atom is -0.482 e. The Bertz CT molecular complexity index is 1230. The fraction of sp³-hybridized carbons (Fsp3) is 0.0455. The zero-order valence-corrected chi connectivity index (χ0v) is 17.6. The predicted octanol–water partition coefficient (Wildman–Crippen LogP) is 4.17. The molecule has 2 amide bonds. The molecule has 0 aliphatic carbocycles. The molecule has 0 fully saturated rings. The summed E-state index contributed by atoms with van der Waals surface area (Å²) in [5.41, 5.74) is 2.69.